The fraction of sp³-hybridized carbons (Fsp3) is 0.263. The molecule has 3 heterocycles. The number of nitrogens with one attached hydrogen (secondary N) is 1. The maximum Gasteiger partial charge on any atom is 0.326 e. The number of pyridine rings is 1. The van der Waals surface area contributed by atoms with Gasteiger partial charge in [0.15, 0.2) is 17.0 Å². The highest BCUT2D eigenvalue weighted by Crippen LogP contribution is 2.25. The summed E-state index contributed by atoms with van der Waals surface area (Å²) in [4.78, 5) is 55.8. The number of fused-ring (bicyclic) bond motifs is 1. The molecule has 0 aliphatic rings. The summed E-state index contributed by atoms with van der Waals surface area (Å²) in [5, 5.41) is 20.5. The van der Waals surface area contributed by atoms with Gasteiger partial charge in [-0.05, 0) is 18.9 Å². The van der Waals surface area contributed by atoms with E-state index in [1.54, 1.807) is 6.07 Å². The van der Waals surface area contributed by atoms with Crippen LogP contribution in [0.5, 0.6) is 0 Å². The second kappa shape index (κ2) is 9.16. The van der Waals surface area contributed by atoms with Gasteiger partial charge in [0.05, 0.1) is 17.5 Å². The summed E-state index contributed by atoms with van der Waals surface area (Å²) >= 11 is 0. The first kappa shape index (κ1) is 22.3. The van der Waals surface area contributed by atoms with E-state index >= 15 is 0 Å². The van der Waals surface area contributed by atoms with Crippen molar-refractivity contribution in [1.29, 1.82) is 0 Å². The van der Waals surface area contributed by atoms with E-state index in [9.17, 15) is 19.5 Å². The molecule has 1 amide bonds. The van der Waals surface area contributed by atoms with Crippen molar-refractivity contribution in [2.45, 2.75) is 32.2 Å². The molecule has 0 aliphatic heterocycles. The van der Waals surface area contributed by atoms with Gasteiger partial charge in [-0.2, -0.15) is 9.97 Å². The zero-order chi connectivity index (χ0) is 23.4. The Morgan fingerprint density at radius 2 is 1.84 bits per heavy atom. The van der Waals surface area contributed by atoms with Gasteiger partial charge in [0.2, 0.25) is 5.95 Å². The molecule has 3 aromatic rings. The molecular formula is C19H20N8O5. The molecule has 0 aliphatic carbocycles. The van der Waals surface area contributed by atoms with E-state index in [0.29, 0.717) is 17.7 Å². The van der Waals surface area contributed by atoms with Gasteiger partial charge in [-0.3, -0.25) is 14.6 Å². The van der Waals surface area contributed by atoms with Crippen molar-refractivity contribution in [3.63, 3.8) is 0 Å². The molecule has 0 fully saturated rings. The Hall–Kier alpha value is -4.42. The predicted molar refractivity (Wildman–Crippen MR) is 112 cm³/mol. The third-order valence-corrected chi connectivity index (χ3v) is 4.54. The summed E-state index contributed by atoms with van der Waals surface area (Å²) in [6.45, 7) is 1.87. The lowest BCUT2D eigenvalue weighted by atomic mass is 10.0. The molecule has 7 N–H and O–H groups in total. The van der Waals surface area contributed by atoms with Crippen LogP contribution in [-0.2, 0) is 16.0 Å². The number of hydrogen-bond donors (Lipinski definition) is 5. The van der Waals surface area contributed by atoms with Crippen LogP contribution >= 0.6 is 0 Å². The van der Waals surface area contributed by atoms with Crippen molar-refractivity contribution in [3.05, 3.63) is 29.7 Å². The van der Waals surface area contributed by atoms with Crippen LogP contribution in [0.15, 0.2) is 18.5 Å². The maximum atomic E-state index is 12.9. The monoisotopic (exact) mass is 440 g/mol. The number of hydrogen-bond acceptors (Lipinski definition) is 10. The Kier molecular flexibility index (Phi) is 6.37. The Morgan fingerprint density at radius 3 is 2.50 bits per heavy atom. The largest absolute Gasteiger partial charge is 0.481 e. The number of aromatic nitrogens is 5. The molecule has 0 saturated heterocycles. The Balaban J connectivity index is 2.03. The zero-order valence-corrected chi connectivity index (χ0v) is 16.9. The van der Waals surface area contributed by atoms with E-state index < -0.39 is 30.3 Å². The summed E-state index contributed by atoms with van der Waals surface area (Å²) in [5.74, 6) is -3.33. The van der Waals surface area contributed by atoms with Gasteiger partial charge in [0.25, 0.3) is 5.91 Å². The lowest BCUT2D eigenvalue weighted by molar-refractivity contribution is -0.140. The van der Waals surface area contributed by atoms with E-state index in [0.717, 1.165) is 0 Å². The molecule has 13 nitrogen and oxygen atoms in total. The molecule has 3 rings (SSSR count). The summed E-state index contributed by atoms with van der Waals surface area (Å²) < 4.78 is 0. The summed E-state index contributed by atoms with van der Waals surface area (Å²) in [6, 6.07) is 0.235. The standard InChI is InChI=1S/C19H20N8O5/c1-2-8-5-9(12-7-23-16-14(24-12)15(20)26-19(21)27-16)10(6-22-8)17(30)25-11(18(31)32)3-4-13(28)29/h5-7,11H,2-4H2,1H3,(H,25,30)(H,28,29)(H,31,32)(H4,20,21,23,26,27)/t11-/m0/s1. The minimum atomic E-state index is -1.40. The molecule has 0 aromatic carbocycles. The van der Waals surface area contributed by atoms with Crippen LogP contribution < -0.4 is 16.8 Å². The number of carbonyl (C=O) groups is 3. The first-order chi connectivity index (χ1) is 15.2. The van der Waals surface area contributed by atoms with Gasteiger partial charge in [-0.1, -0.05) is 6.92 Å². The molecule has 0 bridgehead atoms. The van der Waals surface area contributed by atoms with E-state index in [2.05, 4.69) is 30.2 Å². The highest BCUT2D eigenvalue weighted by molar-refractivity contribution is 6.02. The van der Waals surface area contributed by atoms with Crippen LogP contribution in [0.4, 0.5) is 11.8 Å². The van der Waals surface area contributed by atoms with Crippen molar-refractivity contribution < 1.29 is 24.6 Å². The Bertz CT molecular complexity index is 1220. The highest BCUT2D eigenvalue weighted by Gasteiger charge is 2.24. The van der Waals surface area contributed by atoms with Crippen molar-refractivity contribution >= 4 is 40.8 Å². The lowest BCUT2D eigenvalue weighted by Gasteiger charge is -2.16. The fourth-order valence-corrected chi connectivity index (χ4v) is 2.92. The molecule has 1 atom stereocenters. The number of nitrogen functional groups attached to an aromatic ring is 2. The summed E-state index contributed by atoms with van der Waals surface area (Å²) in [7, 11) is 0. The average molecular weight is 440 g/mol. The van der Waals surface area contributed by atoms with Gasteiger partial charge in [0, 0.05) is 23.9 Å². The molecular weight excluding hydrogens is 420 g/mol. The number of aryl methyl sites for hydroxylation is 1. The van der Waals surface area contributed by atoms with Gasteiger partial charge >= 0.3 is 11.9 Å². The molecule has 0 radical (unpaired) electrons. The minimum Gasteiger partial charge on any atom is -0.481 e. The van der Waals surface area contributed by atoms with E-state index in [1.807, 2.05) is 6.92 Å². The van der Waals surface area contributed by atoms with Crippen molar-refractivity contribution in [2.75, 3.05) is 11.5 Å². The number of aliphatic carboxylic acids is 2. The van der Waals surface area contributed by atoms with Gasteiger partial charge in [0.1, 0.15) is 6.04 Å². The van der Waals surface area contributed by atoms with Gasteiger partial charge in [-0.25, -0.2) is 14.8 Å². The van der Waals surface area contributed by atoms with E-state index in [4.69, 9.17) is 16.6 Å². The second-order valence-corrected chi connectivity index (χ2v) is 6.77. The van der Waals surface area contributed by atoms with Crippen molar-refractivity contribution in [3.8, 4) is 11.3 Å². The number of nitrogens with zero attached hydrogens (tertiary/aromatic N) is 5. The smallest absolute Gasteiger partial charge is 0.326 e. The van der Waals surface area contributed by atoms with Crippen LogP contribution in [0.2, 0.25) is 0 Å². The lowest BCUT2D eigenvalue weighted by Crippen LogP contribution is -2.41. The number of amides is 1. The van der Waals surface area contributed by atoms with Crippen LogP contribution in [0.1, 0.15) is 35.8 Å². The number of carboxylic acid groups (broad SMARTS) is 2. The molecule has 0 spiro atoms. The first-order valence-electron chi connectivity index (χ1n) is 9.50. The van der Waals surface area contributed by atoms with Crippen LogP contribution in [0.25, 0.3) is 22.4 Å². The Morgan fingerprint density at radius 1 is 1.09 bits per heavy atom. The average Bonchev–Trinajstić information content (AvgIpc) is 2.75. The van der Waals surface area contributed by atoms with Gasteiger partial charge < -0.3 is 27.0 Å². The highest BCUT2D eigenvalue weighted by atomic mass is 16.4. The zero-order valence-electron chi connectivity index (χ0n) is 16.9. The fourth-order valence-electron chi connectivity index (χ4n) is 2.92. The van der Waals surface area contributed by atoms with Crippen LogP contribution in [-0.4, -0.2) is 59.0 Å². The van der Waals surface area contributed by atoms with E-state index in [1.165, 1.54) is 12.4 Å². The Labute approximate surface area is 180 Å². The number of carboxylic acids is 2. The quantitative estimate of drug-likeness (QED) is 0.318. The molecule has 3 aromatic heterocycles. The minimum absolute atomic E-state index is 0.0113. The molecule has 32 heavy (non-hydrogen) atoms. The SMILES string of the molecule is CCc1cc(-c2cnc3nc(N)nc(N)c3n2)c(C(=O)N[C@@H](CCC(=O)O)C(=O)O)cn1. The van der Waals surface area contributed by atoms with Crippen LogP contribution in [0, 0.1) is 0 Å². The number of rotatable bonds is 8. The normalized spacial score (nSPS) is 11.8. The van der Waals surface area contributed by atoms with E-state index in [-0.39, 0.29) is 40.6 Å². The third kappa shape index (κ3) is 4.83. The molecule has 0 saturated carbocycles. The number of nitrogens with two attached hydrogens (primary N) is 2. The third-order valence-electron chi connectivity index (χ3n) is 4.54. The predicted octanol–water partition coefficient (Wildman–Crippen LogP) is 0.256. The van der Waals surface area contributed by atoms with Crippen molar-refractivity contribution in [1.82, 2.24) is 30.2 Å². The maximum absolute atomic E-state index is 12.9. The molecule has 0 unspecified atom stereocenters. The number of anilines is 2. The second-order valence-electron chi connectivity index (χ2n) is 6.77. The number of carbonyl (C=O) groups excluding carboxylic acids is 1. The first-order valence-corrected chi connectivity index (χ1v) is 9.50. The summed E-state index contributed by atoms with van der Waals surface area (Å²) in [6.07, 6.45) is 2.54. The molecule has 13 heteroatoms. The van der Waals surface area contributed by atoms with Crippen LogP contribution in [0.3, 0.4) is 0 Å². The van der Waals surface area contributed by atoms with Gasteiger partial charge in [-0.15, -0.1) is 0 Å². The molecule has 166 valence electrons. The topological polar surface area (TPSA) is 220 Å². The summed E-state index contributed by atoms with van der Waals surface area (Å²) in [5.41, 5.74) is 13.1. The van der Waals surface area contributed by atoms with Crippen molar-refractivity contribution in [2.24, 2.45) is 0 Å².